The second kappa shape index (κ2) is 8.26. The van der Waals surface area contributed by atoms with Gasteiger partial charge in [-0.1, -0.05) is 30.3 Å². The summed E-state index contributed by atoms with van der Waals surface area (Å²) in [7, 11) is 0. The highest BCUT2D eigenvalue weighted by Gasteiger charge is 2.31. The van der Waals surface area contributed by atoms with Crippen LogP contribution >= 0.6 is 11.3 Å². The van der Waals surface area contributed by atoms with Crippen molar-refractivity contribution in [2.24, 2.45) is 0 Å². The average Bonchev–Trinajstić information content (AvgIpc) is 3.35. The summed E-state index contributed by atoms with van der Waals surface area (Å²) in [6.45, 7) is 0.965. The van der Waals surface area contributed by atoms with E-state index in [1.807, 2.05) is 35.7 Å². The summed E-state index contributed by atoms with van der Waals surface area (Å²) >= 11 is 1.46. The van der Waals surface area contributed by atoms with Crippen LogP contribution < -0.4 is 5.32 Å². The van der Waals surface area contributed by atoms with Gasteiger partial charge in [-0.2, -0.15) is 0 Å². The summed E-state index contributed by atoms with van der Waals surface area (Å²) in [6, 6.07) is 9.95. The molecule has 8 heteroatoms. The molecule has 1 N–H and O–H groups in total. The lowest BCUT2D eigenvalue weighted by molar-refractivity contribution is -0.133. The van der Waals surface area contributed by atoms with Gasteiger partial charge in [0.05, 0.1) is 25.0 Å². The quantitative estimate of drug-likeness (QED) is 0.694. The SMILES string of the molecule is O=C(CN1CC(c2ccccc2)CC1=O)NCc1csc(-c2cnccn2)n1. The molecule has 3 heterocycles. The summed E-state index contributed by atoms with van der Waals surface area (Å²) in [6.07, 6.45) is 5.34. The smallest absolute Gasteiger partial charge is 0.239 e. The Morgan fingerprint density at radius 3 is 2.89 bits per heavy atom. The first kappa shape index (κ1) is 18.2. The fourth-order valence-electron chi connectivity index (χ4n) is 3.21. The van der Waals surface area contributed by atoms with Gasteiger partial charge in [-0.05, 0) is 5.56 Å². The summed E-state index contributed by atoms with van der Waals surface area (Å²) in [5.74, 6) is -0.0201. The molecule has 142 valence electrons. The number of hydrogen-bond acceptors (Lipinski definition) is 6. The molecule has 28 heavy (non-hydrogen) atoms. The monoisotopic (exact) mass is 393 g/mol. The lowest BCUT2D eigenvalue weighted by Gasteiger charge is -2.16. The van der Waals surface area contributed by atoms with Gasteiger partial charge in [0, 0.05) is 36.7 Å². The van der Waals surface area contributed by atoms with Crippen molar-refractivity contribution in [3.8, 4) is 10.7 Å². The molecule has 1 aliphatic rings. The first-order chi connectivity index (χ1) is 13.7. The van der Waals surface area contributed by atoms with Crippen molar-refractivity contribution in [2.75, 3.05) is 13.1 Å². The molecule has 2 aromatic heterocycles. The van der Waals surface area contributed by atoms with E-state index in [-0.39, 0.29) is 24.3 Å². The summed E-state index contributed by atoms with van der Waals surface area (Å²) in [4.78, 5) is 38.9. The van der Waals surface area contributed by atoms with Gasteiger partial charge < -0.3 is 10.2 Å². The molecular weight excluding hydrogens is 374 g/mol. The highest BCUT2D eigenvalue weighted by molar-refractivity contribution is 7.13. The Morgan fingerprint density at radius 1 is 1.25 bits per heavy atom. The zero-order valence-corrected chi connectivity index (χ0v) is 15.9. The fraction of sp³-hybridized carbons (Fsp3) is 0.250. The number of carbonyl (C=O) groups excluding carboxylic acids is 2. The second-order valence-electron chi connectivity index (χ2n) is 6.60. The van der Waals surface area contributed by atoms with E-state index in [4.69, 9.17) is 0 Å². The van der Waals surface area contributed by atoms with Gasteiger partial charge in [-0.15, -0.1) is 11.3 Å². The zero-order valence-electron chi connectivity index (χ0n) is 15.1. The summed E-state index contributed by atoms with van der Waals surface area (Å²) in [5, 5.41) is 5.49. The predicted octanol–water partition coefficient (Wildman–Crippen LogP) is 2.23. The first-order valence-corrected chi connectivity index (χ1v) is 9.87. The third-order valence-corrected chi connectivity index (χ3v) is 5.53. The van der Waals surface area contributed by atoms with E-state index >= 15 is 0 Å². The number of benzene rings is 1. The lowest BCUT2D eigenvalue weighted by Crippen LogP contribution is -2.37. The number of amides is 2. The summed E-state index contributed by atoms with van der Waals surface area (Å²) in [5.41, 5.74) is 2.60. The Bertz CT molecular complexity index is 961. The Balaban J connectivity index is 1.29. The molecule has 0 radical (unpaired) electrons. The number of thiazole rings is 1. The predicted molar refractivity (Wildman–Crippen MR) is 105 cm³/mol. The molecule has 1 fully saturated rings. The van der Waals surface area contributed by atoms with Crippen molar-refractivity contribution in [3.63, 3.8) is 0 Å². The minimum Gasteiger partial charge on any atom is -0.349 e. The van der Waals surface area contributed by atoms with Crippen molar-refractivity contribution in [1.29, 1.82) is 0 Å². The van der Waals surface area contributed by atoms with Gasteiger partial charge >= 0.3 is 0 Å². The maximum absolute atomic E-state index is 12.3. The third kappa shape index (κ3) is 4.23. The van der Waals surface area contributed by atoms with E-state index in [0.29, 0.717) is 25.2 Å². The molecule has 1 unspecified atom stereocenters. The van der Waals surface area contributed by atoms with Crippen molar-refractivity contribution in [2.45, 2.75) is 18.9 Å². The van der Waals surface area contributed by atoms with Crippen LogP contribution in [0, 0.1) is 0 Å². The molecule has 1 atom stereocenters. The first-order valence-electron chi connectivity index (χ1n) is 8.99. The number of nitrogens with one attached hydrogen (secondary N) is 1. The van der Waals surface area contributed by atoms with E-state index in [9.17, 15) is 9.59 Å². The van der Waals surface area contributed by atoms with E-state index in [0.717, 1.165) is 16.3 Å². The molecular formula is C20H19N5O2S. The van der Waals surface area contributed by atoms with E-state index in [1.54, 1.807) is 23.5 Å². The molecule has 1 aromatic carbocycles. The van der Waals surface area contributed by atoms with Crippen LogP contribution in [0.3, 0.4) is 0 Å². The van der Waals surface area contributed by atoms with Crippen LogP contribution in [0.25, 0.3) is 10.7 Å². The van der Waals surface area contributed by atoms with Crippen LogP contribution in [-0.4, -0.2) is 44.8 Å². The molecule has 1 saturated heterocycles. The normalized spacial score (nSPS) is 16.4. The maximum Gasteiger partial charge on any atom is 0.239 e. The van der Waals surface area contributed by atoms with Gasteiger partial charge in [0.25, 0.3) is 0 Å². The third-order valence-electron chi connectivity index (χ3n) is 4.62. The summed E-state index contributed by atoms with van der Waals surface area (Å²) < 4.78 is 0. The van der Waals surface area contributed by atoms with Gasteiger partial charge in [-0.25, -0.2) is 4.98 Å². The molecule has 0 aliphatic carbocycles. The molecule has 1 aliphatic heterocycles. The Kier molecular flexibility index (Phi) is 5.38. The Labute approximate surface area is 166 Å². The van der Waals surface area contributed by atoms with Gasteiger partial charge in [0.15, 0.2) is 0 Å². The van der Waals surface area contributed by atoms with Crippen LogP contribution in [0.4, 0.5) is 0 Å². The van der Waals surface area contributed by atoms with Crippen molar-refractivity contribution < 1.29 is 9.59 Å². The second-order valence-corrected chi connectivity index (χ2v) is 7.46. The minimum atomic E-state index is -0.184. The van der Waals surface area contributed by atoms with Gasteiger partial charge in [-0.3, -0.25) is 19.6 Å². The Morgan fingerprint density at radius 2 is 2.11 bits per heavy atom. The fourth-order valence-corrected chi connectivity index (χ4v) is 3.99. The number of aromatic nitrogens is 3. The number of hydrogen-bond donors (Lipinski definition) is 1. The molecule has 0 bridgehead atoms. The van der Waals surface area contributed by atoms with Crippen molar-refractivity contribution >= 4 is 23.2 Å². The Hall–Kier alpha value is -3.13. The van der Waals surface area contributed by atoms with Gasteiger partial charge in [0.1, 0.15) is 10.7 Å². The van der Waals surface area contributed by atoms with Gasteiger partial charge in [0.2, 0.25) is 11.8 Å². The highest BCUT2D eigenvalue weighted by atomic mass is 32.1. The lowest BCUT2D eigenvalue weighted by atomic mass is 9.99. The number of likely N-dealkylation sites (tertiary alicyclic amines) is 1. The maximum atomic E-state index is 12.3. The van der Waals surface area contributed by atoms with Crippen LogP contribution in [0.15, 0.2) is 54.3 Å². The van der Waals surface area contributed by atoms with Crippen LogP contribution in [-0.2, 0) is 16.1 Å². The van der Waals surface area contributed by atoms with Crippen molar-refractivity contribution in [1.82, 2.24) is 25.2 Å². The molecule has 3 aromatic rings. The highest BCUT2D eigenvalue weighted by Crippen LogP contribution is 2.27. The molecule has 0 saturated carbocycles. The largest absolute Gasteiger partial charge is 0.349 e. The average molecular weight is 393 g/mol. The topological polar surface area (TPSA) is 88.1 Å². The molecule has 7 nitrogen and oxygen atoms in total. The minimum absolute atomic E-state index is 0.0163. The molecule has 0 spiro atoms. The van der Waals surface area contributed by atoms with E-state index in [1.165, 1.54) is 11.3 Å². The standard InChI is InChI=1S/C20H19N5O2S/c26-18(12-25-11-15(8-19(25)27)14-4-2-1-3-5-14)23-9-16-13-28-20(24-16)17-10-21-6-7-22-17/h1-7,10,13,15H,8-9,11-12H2,(H,23,26). The molecule has 4 rings (SSSR count). The molecule has 2 amide bonds. The van der Waals surface area contributed by atoms with Crippen molar-refractivity contribution in [3.05, 3.63) is 65.6 Å². The number of nitrogens with zero attached hydrogens (tertiary/aromatic N) is 4. The van der Waals surface area contributed by atoms with Crippen LogP contribution in [0.1, 0.15) is 23.6 Å². The van der Waals surface area contributed by atoms with E-state index in [2.05, 4.69) is 20.3 Å². The number of carbonyl (C=O) groups is 2. The number of rotatable bonds is 6. The van der Waals surface area contributed by atoms with E-state index < -0.39 is 0 Å². The van der Waals surface area contributed by atoms with Crippen LogP contribution in [0.5, 0.6) is 0 Å². The van der Waals surface area contributed by atoms with Crippen LogP contribution in [0.2, 0.25) is 0 Å². The zero-order chi connectivity index (χ0) is 19.3.